The van der Waals surface area contributed by atoms with Crippen molar-refractivity contribution in [2.45, 2.75) is 107 Å². The second kappa shape index (κ2) is 14.2. The predicted molar refractivity (Wildman–Crippen MR) is 218 cm³/mol. The summed E-state index contributed by atoms with van der Waals surface area (Å²) in [5.41, 5.74) is -0.465. The molecule has 1 aromatic carbocycles. The number of hydrogen-bond acceptors (Lipinski definition) is 11. The van der Waals surface area contributed by atoms with E-state index in [0.717, 1.165) is 46.4 Å². The smallest absolute Gasteiger partial charge is 0.344 e. The Kier molecular flexibility index (Phi) is 9.71. The average molecular weight is 811 g/mol. The number of Topliss-reactive ketones (excluding diaryl/α,β-unsaturated/α-hetero) is 1. The van der Waals surface area contributed by atoms with Gasteiger partial charge in [-0.25, -0.2) is 4.79 Å². The van der Waals surface area contributed by atoms with Crippen molar-refractivity contribution in [1.29, 1.82) is 0 Å². The van der Waals surface area contributed by atoms with Crippen molar-refractivity contribution in [3.8, 4) is 0 Å². The molecule has 13 nitrogen and oxygen atoms in total. The SMILES string of the molecule is CCC1=CCN2CC[C@]34C5=C[C@@H]([C@@]6(C(C)=O)CC7CN(CCc8c6[nH]c6ccccc86)C[C@](O)(CC)C7)C(OC)C=C5N(C=O)[C@H]3[C@@](O)(C(=O)OC)[C@H](OC(C)=O)C1C24. The number of ketones is 1. The Labute approximate surface area is 345 Å². The molecule has 2 bridgehead atoms. The fourth-order valence-corrected chi connectivity index (χ4v) is 13.6. The Morgan fingerprint density at radius 3 is 2.51 bits per heavy atom. The molecule has 2 aromatic rings. The molecule has 13 heteroatoms. The minimum Gasteiger partial charge on any atom is -0.467 e. The summed E-state index contributed by atoms with van der Waals surface area (Å²) < 4.78 is 17.9. The maximum atomic E-state index is 15.2. The van der Waals surface area contributed by atoms with Crippen molar-refractivity contribution in [3.63, 3.8) is 0 Å². The largest absolute Gasteiger partial charge is 0.467 e. The van der Waals surface area contributed by atoms with Crippen LogP contribution in [0.5, 0.6) is 0 Å². The Morgan fingerprint density at radius 1 is 1.05 bits per heavy atom. The zero-order chi connectivity index (χ0) is 41.8. The van der Waals surface area contributed by atoms with E-state index in [9.17, 15) is 24.6 Å². The molecule has 0 radical (unpaired) electrons. The number of aliphatic hydroxyl groups is 2. The number of likely N-dealkylation sites (tertiary alicyclic amines) is 1. The van der Waals surface area contributed by atoms with Gasteiger partial charge in [0.1, 0.15) is 5.78 Å². The summed E-state index contributed by atoms with van der Waals surface area (Å²) in [4.78, 5) is 66.1. The number of nitrogens with one attached hydrogen (secondary N) is 1. The maximum absolute atomic E-state index is 15.2. The van der Waals surface area contributed by atoms with Crippen molar-refractivity contribution in [2.75, 3.05) is 46.9 Å². The molecule has 9 rings (SSSR count). The van der Waals surface area contributed by atoms with Gasteiger partial charge in [0.25, 0.3) is 0 Å². The minimum atomic E-state index is -2.46. The van der Waals surface area contributed by atoms with E-state index in [1.807, 2.05) is 38.1 Å². The number of piperidine rings is 1. The van der Waals surface area contributed by atoms with Gasteiger partial charge >= 0.3 is 11.9 Å². The monoisotopic (exact) mass is 810 g/mol. The lowest BCUT2D eigenvalue weighted by atomic mass is 9.51. The van der Waals surface area contributed by atoms with Crippen LogP contribution in [-0.2, 0) is 45.2 Å². The summed E-state index contributed by atoms with van der Waals surface area (Å²) >= 11 is 0. The van der Waals surface area contributed by atoms with Crippen LogP contribution in [0.2, 0.25) is 0 Å². The Bertz CT molecular complexity index is 2200. The highest BCUT2D eigenvalue weighted by molar-refractivity contribution is 5.94. The highest BCUT2D eigenvalue weighted by Crippen LogP contribution is 2.68. The van der Waals surface area contributed by atoms with E-state index in [4.69, 9.17) is 14.2 Å². The standard InChI is InChI=1S/C46H58N4O9/c1-7-29-13-17-49-18-15-44-32-19-33(36(57-5)20-35(32)50(25-51)41(44)46(56,42(54)58-6)40(59-27(4)53)37(29)39(44)49)45(26(3)52)22-28-21-43(55,8-2)24-48(23-28)16-14-31-30-11-9-10-12-34(30)47-38(31)45/h9-13,19-20,25,28,33,36-37,39-41,47,55-56H,7-8,14-18,21-24H2,1-6H3/t28?,33-,36?,37?,39?,40-,41-,43+,44-,45+,46-/m1/s1. The van der Waals surface area contributed by atoms with Gasteiger partial charge in [-0.2, -0.15) is 0 Å². The summed E-state index contributed by atoms with van der Waals surface area (Å²) in [5.74, 6) is -2.91. The van der Waals surface area contributed by atoms with Crippen molar-refractivity contribution in [1.82, 2.24) is 19.7 Å². The number of hydrogen-bond donors (Lipinski definition) is 3. The maximum Gasteiger partial charge on any atom is 0.344 e. The van der Waals surface area contributed by atoms with Crippen LogP contribution in [0.15, 0.2) is 59.3 Å². The van der Waals surface area contributed by atoms with E-state index in [-0.39, 0.29) is 17.7 Å². The number of H-pyrrole nitrogens is 1. The van der Waals surface area contributed by atoms with Crippen LogP contribution in [0.4, 0.5) is 0 Å². The number of para-hydroxylation sites is 1. The van der Waals surface area contributed by atoms with Gasteiger partial charge in [-0.3, -0.25) is 24.2 Å². The van der Waals surface area contributed by atoms with Crippen molar-refractivity contribution in [3.05, 3.63) is 70.6 Å². The quantitative estimate of drug-likeness (QED) is 0.203. The average Bonchev–Trinajstić information content (AvgIpc) is 3.89. The number of rotatable bonds is 8. The molecule has 1 amide bonds. The molecule has 316 valence electrons. The van der Waals surface area contributed by atoms with E-state index in [1.165, 1.54) is 18.9 Å². The van der Waals surface area contributed by atoms with Crippen molar-refractivity contribution >= 4 is 35.0 Å². The number of carbonyl (C=O) groups excluding carboxylic acids is 4. The second-order valence-corrected chi connectivity index (χ2v) is 18.4. The first-order valence-electron chi connectivity index (χ1n) is 21.4. The molecule has 59 heavy (non-hydrogen) atoms. The first kappa shape index (κ1) is 40.3. The Morgan fingerprint density at radius 2 is 1.83 bits per heavy atom. The summed E-state index contributed by atoms with van der Waals surface area (Å²) in [5, 5.41) is 26.2. The number of nitrogens with zero attached hydrogens (tertiary/aromatic N) is 3. The number of aromatic amines is 1. The minimum absolute atomic E-state index is 0.0335. The van der Waals surface area contributed by atoms with E-state index in [2.05, 4.69) is 33.0 Å². The second-order valence-electron chi connectivity index (χ2n) is 18.4. The number of carbonyl (C=O) groups is 4. The third kappa shape index (κ3) is 5.46. The van der Waals surface area contributed by atoms with Crippen LogP contribution in [0.1, 0.15) is 71.1 Å². The van der Waals surface area contributed by atoms with Crippen LogP contribution in [0.25, 0.3) is 10.9 Å². The van der Waals surface area contributed by atoms with E-state index in [1.54, 1.807) is 14.0 Å². The number of amides is 1. The van der Waals surface area contributed by atoms with Gasteiger partial charge in [-0.1, -0.05) is 49.8 Å². The molecule has 3 saturated heterocycles. The van der Waals surface area contributed by atoms with E-state index in [0.29, 0.717) is 70.3 Å². The molecule has 7 aliphatic rings. The Balaban J connectivity index is 1.32. The molecule has 6 heterocycles. The van der Waals surface area contributed by atoms with E-state index < -0.39 is 64.1 Å². The lowest BCUT2D eigenvalue weighted by molar-refractivity contribution is -0.225. The fourth-order valence-electron chi connectivity index (χ4n) is 13.6. The molecule has 5 aliphatic heterocycles. The summed E-state index contributed by atoms with van der Waals surface area (Å²) in [6.45, 7) is 10.2. The zero-order valence-electron chi connectivity index (χ0n) is 35.0. The van der Waals surface area contributed by atoms with Crippen LogP contribution in [-0.4, -0.2) is 136 Å². The summed E-state index contributed by atoms with van der Waals surface area (Å²) in [7, 11) is 2.81. The van der Waals surface area contributed by atoms with Gasteiger partial charge in [0.05, 0.1) is 30.3 Å². The molecule has 2 aliphatic carbocycles. The summed E-state index contributed by atoms with van der Waals surface area (Å²) in [6.07, 6.45) is 8.09. The van der Waals surface area contributed by atoms with Gasteiger partial charge in [-0.15, -0.1) is 0 Å². The lowest BCUT2D eigenvalue weighted by Crippen LogP contribution is -2.77. The number of aromatic nitrogens is 1. The normalized spacial score (nSPS) is 39.9. The molecular formula is C46H58N4O9. The van der Waals surface area contributed by atoms with Gasteiger partial charge in [-0.05, 0) is 81.2 Å². The highest BCUT2D eigenvalue weighted by Gasteiger charge is 2.79. The number of ether oxygens (including phenoxy) is 3. The molecule has 4 fully saturated rings. The van der Waals surface area contributed by atoms with Crippen LogP contribution in [0, 0.1) is 23.2 Å². The molecule has 12 atom stereocenters. The number of methoxy groups -OCH3 is 2. The number of esters is 2. The Hall–Kier alpha value is -4.14. The van der Waals surface area contributed by atoms with Gasteiger partial charge in [0.15, 0.2) is 6.10 Å². The van der Waals surface area contributed by atoms with E-state index >= 15 is 4.79 Å². The molecular weight excluding hydrogens is 753 g/mol. The lowest BCUT2D eigenvalue weighted by Gasteiger charge is -2.59. The van der Waals surface area contributed by atoms with Gasteiger partial charge in [0.2, 0.25) is 12.0 Å². The first-order chi connectivity index (χ1) is 28.3. The molecule has 3 N–H and O–H groups in total. The first-order valence-corrected chi connectivity index (χ1v) is 21.4. The van der Waals surface area contributed by atoms with Crippen LogP contribution in [0.3, 0.4) is 0 Å². The molecule has 5 unspecified atom stereocenters. The molecule has 1 aromatic heterocycles. The van der Waals surface area contributed by atoms with Crippen LogP contribution < -0.4 is 0 Å². The molecule has 1 spiro atoms. The number of fused-ring (bicyclic) bond motifs is 6. The zero-order valence-corrected chi connectivity index (χ0v) is 35.0. The fraction of sp³-hybridized carbons (Fsp3) is 0.609. The number of allylic oxidation sites excluding steroid dienone is 1. The summed E-state index contributed by atoms with van der Waals surface area (Å²) in [6, 6.07) is 6.60. The number of benzene rings is 1. The van der Waals surface area contributed by atoms with Crippen molar-refractivity contribution in [2.24, 2.45) is 23.2 Å². The van der Waals surface area contributed by atoms with Crippen molar-refractivity contribution < 1.29 is 43.6 Å². The third-order valence-electron chi connectivity index (χ3n) is 15.8. The van der Waals surface area contributed by atoms with Gasteiger partial charge in [0, 0.05) is 85.8 Å². The van der Waals surface area contributed by atoms with Gasteiger partial charge < -0.3 is 34.3 Å². The molecule has 1 saturated carbocycles. The topological polar surface area (TPSA) is 162 Å². The predicted octanol–water partition coefficient (Wildman–Crippen LogP) is 3.58. The highest BCUT2D eigenvalue weighted by atomic mass is 16.6. The van der Waals surface area contributed by atoms with Crippen LogP contribution >= 0.6 is 0 Å². The third-order valence-corrected chi connectivity index (χ3v) is 15.8.